The molecule has 1 rings (SSSR count). The third kappa shape index (κ3) is 3.11. The van der Waals surface area contributed by atoms with Crippen molar-refractivity contribution in [3.8, 4) is 0 Å². The van der Waals surface area contributed by atoms with Crippen molar-refractivity contribution in [2.45, 2.75) is 25.5 Å². The SMILES string of the molecule is CC(C)(C)[S+]([O-])Nc1ccc(F)c(F)c1C(=O)O. The fraction of sp³-hybridized carbons (Fsp3) is 0.364. The van der Waals surface area contributed by atoms with Crippen LogP contribution in [0.15, 0.2) is 12.1 Å². The van der Waals surface area contributed by atoms with Crippen LogP contribution in [0.1, 0.15) is 31.1 Å². The molecule has 0 bridgehead atoms. The van der Waals surface area contributed by atoms with Crippen molar-refractivity contribution in [1.29, 1.82) is 0 Å². The van der Waals surface area contributed by atoms with Gasteiger partial charge in [-0.15, -0.1) is 0 Å². The molecule has 0 radical (unpaired) electrons. The zero-order valence-electron chi connectivity index (χ0n) is 10.1. The van der Waals surface area contributed by atoms with Gasteiger partial charge >= 0.3 is 5.97 Å². The van der Waals surface area contributed by atoms with Gasteiger partial charge in [-0.05, 0) is 32.9 Å². The molecule has 0 aliphatic heterocycles. The van der Waals surface area contributed by atoms with Crippen molar-refractivity contribution in [3.05, 3.63) is 29.3 Å². The summed E-state index contributed by atoms with van der Waals surface area (Å²) in [6.07, 6.45) is 0. The van der Waals surface area contributed by atoms with Gasteiger partial charge < -0.3 is 9.66 Å². The molecule has 0 aromatic heterocycles. The lowest BCUT2D eigenvalue weighted by Gasteiger charge is -2.24. The van der Waals surface area contributed by atoms with Gasteiger partial charge in [-0.3, -0.25) is 0 Å². The van der Waals surface area contributed by atoms with Crippen LogP contribution in [0.2, 0.25) is 0 Å². The van der Waals surface area contributed by atoms with E-state index >= 15 is 0 Å². The first-order valence-electron chi connectivity index (χ1n) is 5.04. The van der Waals surface area contributed by atoms with Crippen LogP contribution in [-0.4, -0.2) is 20.4 Å². The Hall–Kier alpha value is -1.34. The summed E-state index contributed by atoms with van der Waals surface area (Å²) in [6, 6.07) is 1.83. The van der Waals surface area contributed by atoms with E-state index in [9.17, 15) is 18.1 Å². The van der Waals surface area contributed by atoms with E-state index in [1.807, 2.05) is 0 Å². The Balaban J connectivity index is 3.18. The van der Waals surface area contributed by atoms with E-state index in [0.29, 0.717) is 0 Å². The highest BCUT2D eigenvalue weighted by molar-refractivity contribution is 7.94. The van der Waals surface area contributed by atoms with Gasteiger partial charge in [0.2, 0.25) is 0 Å². The van der Waals surface area contributed by atoms with Gasteiger partial charge in [-0.2, -0.15) is 0 Å². The lowest BCUT2D eigenvalue weighted by atomic mass is 10.1. The fourth-order valence-electron chi connectivity index (χ4n) is 1.10. The van der Waals surface area contributed by atoms with Gasteiger partial charge in [-0.1, -0.05) is 0 Å². The number of hydrogen-bond donors (Lipinski definition) is 2. The number of benzene rings is 1. The number of rotatable bonds is 3. The van der Waals surface area contributed by atoms with Gasteiger partial charge in [0.25, 0.3) is 0 Å². The molecule has 0 fully saturated rings. The van der Waals surface area contributed by atoms with E-state index in [1.54, 1.807) is 20.8 Å². The Morgan fingerprint density at radius 3 is 2.39 bits per heavy atom. The van der Waals surface area contributed by atoms with Crippen molar-refractivity contribution >= 4 is 23.0 Å². The van der Waals surface area contributed by atoms with Crippen molar-refractivity contribution in [2.24, 2.45) is 0 Å². The van der Waals surface area contributed by atoms with Gasteiger partial charge in [-0.25, -0.2) is 18.3 Å². The molecule has 18 heavy (non-hydrogen) atoms. The lowest BCUT2D eigenvalue weighted by molar-refractivity contribution is 0.0692. The maximum absolute atomic E-state index is 13.4. The normalized spacial score (nSPS) is 13.2. The van der Waals surface area contributed by atoms with Crippen LogP contribution in [0.3, 0.4) is 0 Å². The number of aromatic carboxylic acids is 1. The van der Waals surface area contributed by atoms with E-state index in [1.165, 1.54) is 0 Å². The molecule has 1 aromatic rings. The Bertz CT molecular complexity index is 474. The second kappa shape index (κ2) is 5.11. The first-order chi connectivity index (χ1) is 8.14. The van der Waals surface area contributed by atoms with Crippen LogP contribution in [0.4, 0.5) is 14.5 Å². The smallest absolute Gasteiger partial charge is 0.341 e. The molecular formula is C11H13F2NO3S. The van der Waals surface area contributed by atoms with E-state index in [2.05, 4.69) is 4.72 Å². The molecule has 1 aromatic carbocycles. The second-order valence-corrected chi connectivity index (χ2v) is 6.54. The van der Waals surface area contributed by atoms with E-state index in [0.717, 1.165) is 12.1 Å². The third-order valence-corrected chi connectivity index (χ3v) is 3.59. The van der Waals surface area contributed by atoms with E-state index < -0.39 is 39.3 Å². The third-order valence-electron chi connectivity index (χ3n) is 2.07. The molecule has 0 saturated heterocycles. The summed E-state index contributed by atoms with van der Waals surface area (Å²) in [5, 5.41) is 8.84. The summed E-state index contributed by atoms with van der Waals surface area (Å²) in [5.41, 5.74) is -1.07. The number of carboxylic acids is 1. The predicted molar refractivity (Wildman–Crippen MR) is 64.8 cm³/mol. The molecule has 4 nitrogen and oxygen atoms in total. The average molecular weight is 277 g/mol. The Morgan fingerprint density at radius 1 is 1.39 bits per heavy atom. The Morgan fingerprint density at radius 2 is 1.94 bits per heavy atom. The molecular weight excluding hydrogens is 264 g/mol. The number of halogens is 2. The van der Waals surface area contributed by atoms with Crippen LogP contribution in [-0.2, 0) is 11.4 Å². The number of anilines is 1. The molecule has 0 heterocycles. The number of carboxylic acid groups (broad SMARTS) is 1. The standard InChI is InChI=1S/C11H13F2NO3S/c1-11(2,3)18(17)14-7-5-4-6(12)9(13)8(7)10(15)16/h4-5,14H,1-3H3,(H,15,16). The minimum absolute atomic E-state index is 0.213. The molecule has 0 aliphatic rings. The first-order valence-corrected chi connectivity index (χ1v) is 6.19. The molecule has 0 spiro atoms. The molecule has 2 N–H and O–H groups in total. The summed E-state index contributed by atoms with van der Waals surface area (Å²) in [4.78, 5) is 10.9. The van der Waals surface area contributed by atoms with Crippen molar-refractivity contribution in [1.82, 2.24) is 0 Å². The molecule has 1 atom stereocenters. The Labute approximate surface area is 106 Å². The zero-order valence-corrected chi connectivity index (χ0v) is 10.9. The molecule has 1 unspecified atom stereocenters. The van der Waals surface area contributed by atoms with Crippen LogP contribution in [0.5, 0.6) is 0 Å². The highest BCUT2D eigenvalue weighted by Crippen LogP contribution is 2.25. The molecule has 0 aliphatic carbocycles. The van der Waals surface area contributed by atoms with Gasteiger partial charge in [0, 0.05) is 0 Å². The zero-order chi connectivity index (χ0) is 14.1. The molecule has 0 saturated carbocycles. The Kier molecular flexibility index (Phi) is 4.18. The maximum atomic E-state index is 13.4. The summed E-state index contributed by atoms with van der Waals surface area (Å²) in [6.45, 7) is 4.99. The molecule has 0 amide bonds. The molecule has 100 valence electrons. The second-order valence-electron chi connectivity index (χ2n) is 4.57. The quantitative estimate of drug-likeness (QED) is 0.833. The van der Waals surface area contributed by atoms with Gasteiger partial charge in [0.15, 0.2) is 11.6 Å². The van der Waals surface area contributed by atoms with E-state index in [4.69, 9.17) is 5.11 Å². The van der Waals surface area contributed by atoms with Crippen LogP contribution in [0, 0.1) is 11.6 Å². The van der Waals surface area contributed by atoms with E-state index in [-0.39, 0.29) is 5.69 Å². The van der Waals surface area contributed by atoms with Crippen molar-refractivity contribution < 1.29 is 23.2 Å². The average Bonchev–Trinajstić information content (AvgIpc) is 2.21. The number of nitrogens with one attached hydrogen (secondary N) is 1. The minimum Gasteiger partial charge on any atom is -0.593 e. The fourth-order valence-corrected chi connectivity index (χ4v) is 1.77. The minimum atomic E-state index is -1.63. The first kappa shape index (κ1) is 14.7. The van der Waals surface area contributed by atoms with Crippen LogP contribution < -0.4 is 4.72 Å². The van der Waals surface area contributed by atoms with Gasteiger partial charge in [0.1, 0.15) is 10.3 Å². The van der Waals surface area contributed by atoms with Crippen molar-refractivity contribution in [2.75, 3.05) is 4.72 Å². The highest BCUT2D eigenvalue weighted by Gasteiger charge is 2.29. The summed E-state index contributed by atoms with van der Waals surface area (Å²) in [7, 11) is 0. The topological polar surface area (TPSA) is 72.4 Å². The molecule has 7 heteroatoms. The highest BCUT2D eigenvalue weighted by atomic mass is 32.2. The van der Waals surface area contributed by atoms with Gasteiger partial charge in [0.05, 0.1) is 17.0 Å². The maximum Gasteiger partial charge on any atom is 0.341 e. The monoisotopic (exact) mass is 277 g/mol. The van der Waals surface area contributed by atoms with Crippen LogP contribution >= 0.6 is 0 Å². The summed E-state index contributed by atoms with van der Waals surface area (Å²) in [5.74, 6) is -4.36. The summed E-state index contributed by atoms with van der Waals surface area (Å²) >= 11 is -1.63. The lowest BCUT2D eigenvalue weighted by Crippen LogP contribution is -2.34. The summed E-state index contributed by atoms with van der Waals surface area (Å²) < 4.78 is 39.8. The number of hydrogen-bond acceptors (Lipinski definition) is 3. The van der Waals surface area contributed by atoms with Crippen LogP contribution in [0.25, 0.3) is 0 Å². The largest absolute Gasteiger partial charge is 0.593 e. The predicted octanol–water partition coefficient (Wildman–Crippen LogP) is 2.54. The van der Waals surface area contributed by atoms with Crippen molar-refractivity contribution in [3.63, 3.8) is 0 Å². The number of carbonyl (C=O) groups is 1.